The lowest BCUT2D eigenvalue weighted by molar-refractivity contribution is -0.0239. The van der Waals surface area contributed by atoms with E-state index in [0.717, 1.165) is 5.01 Å². The average Bonchev–Trinajstić information content (AvgIpc) is 2.62. The van der Waals surface area contributed by atoms with Crippen molar-refractivity contribution in [1.82, 2.24) is 10.1 Å². The lowest BCUT2D eigenvalue weighted by Gasteiger charge is -2.35. The molecular formula is C10H9Cl4N3O2. The summed E-state index contributed by atoms with van der Waals surface area (Å²) in [6, 6.07) is -0.518. The SMILES string of the molecule is CCOC(=O)N1N2N=CC=C[C@@H]2[C@@]2(Cl)C(Cl)(Cl)[C@@]12Cl. The fourth-order valence-electron chi connectivity index (χ4n) is 2.51. The van der Waals surface area contributed by atoms with Crippen molar-refractivity contribution in [1.29, 1.82) is 0 Å². The van der Waals surface area contributed by atoms with Gasteiger partial charge in [0, 0.05) is 6.21 Å². The molecule has 0 radical (unpaired) electrons. The maximum Gasteiger partial charge on any atom is 0.431 e. The minimum Gasteiger partial charge on any atom is -0.448 e. The maximum absolute atomic E-state index is 12.1. The van der Waals surface area contributed by atoms with E-state index in [0.29, 0.717) is 0 Å². The smallest absolute Gasteiger partial charge is 0.431 e. The molecule has 2 heterocycles. The Balaban J connectivity index is 2.06. The Hall–Kier alpha value is -0.360. The minimum atomic E-state index is -1.49. The van der Waals surface area contributed by atoms with E-state index < -0.39 is 26.3 Å². The van der Waals surface area contributed by atoms with Crippen LogP contribution in [-0.2, 0) is 4.74 Å². The van der Waals surface area contributed by atoms with E-state index in [4.69, 9.17) is 51.1 Å². The maximum atomic E-state index is 12.1. The van der Waals surface area contributed by atoms with E-state index in [-0.39, 0.29) is 6.61 Å². The molecule has 0 aromatic rings. The van der Waals surface area contributed by atoms with Gasteiger partial charge < -0.3 is 4.74 Å². The number of alkyl halides is 4. The second-order valence-electron chi connectivity index (χ2n) is 4.33. The summed E-state index contributed by atoms with van der Waals surface area (Å²) in [5.74, 6) is 0. The topological polar surface area (TPSA) is 45.1 Å². The van der Waals surface area contributed by atoms with Crippen LogP contribution in [0.25, 0.3) is 0 Å². The summed E-state index contributed by atoms with van der Waals surface area (Å²) in [7, 11) is 0. The van der Waals surface area contributed by atoms with Crippen LogP contribution in [0.4, 0.5) is 4.79 Å². The van der Waals surface area contributed by atoms with E-state index in [1.54, 1.807) is 19.1 Å². The number of halogens is 4. The van der Waals surface area contributed by atoms with E-state index >= 15 is 0 Å². The molecule has 0 unspecified atom stereocenters. The molecule has 0 spiro atoms. The van der Waals surface area contributed by atoms with Gasteiger partial charge in [0.25, 0.3) is 0 Å². The highest BCUT2D eigenvalue weighted by Gasteiger charge is 2.98. The third-order valence-electron chi connectivity index (χ3n) is 3.45. The van der Waals surface area contributed by atoms with E-state index in [1.165, 1.54) is 11.3 Å². The molecule has 1 aliphatic carbocycles. The summed E-state index contributed by atoms with van der Waals surface area (Å²) in [5, 5.41) is 6.50. The van der Waals surface area contributed by atoms with Crippen molar-refractivity contribution in [3.05, 3.63) is 12.2 Å². The largest absolute Gasteiger partial charge is 0.448 e. The molecule has 2 aliphatic heterocycles. The fraction of sp³-hybridized carbons (Fsp3) is 0.600. The molecule has 0 bridgehead atoms. The van der Waals surface area contributed by atoms with Gasteiger partial charge in [0.2, 0.25) is 5.00 Å². The average molecular weight is 345 g/mol. The van der Waals surface area contributed by atoms with Gasteiger partial charge in [-0.25, -0.2) is 4.79 Å². The number of hydrazine groups is 1. The van der Waals surface area contributed by atoms with Crippen LogP contribution in [0.3, 0.4) is 0 Å². The van der Waals surface area contributed by atoms with Gasteiger partial charge in [0.05, 0.1) is 6.61 Å². The van der Waals surface area contributed by atoms with Gasteiger partial charge in [-0.15, -0.1) is 11.6 Å². The Labute approximate surface area is 129 Å². The zero-order valence-corrected chi connectivity index (χ0v) is 12.7. The lowest BCUT2D eigenvalue weighted by atomic mass is 10.1. The molecule has 104 valence electrons. The molecule has 5 nitrogen and oxygen atoms in total. The Bertz CT molecular complexity index is 511. The van der Waals surface area contributed by atoms with E-state index in [2.05, 4.69) is 5.10 Å². The van der Waals surface area contributed by atoms with Gasteiger partial charge in [-0.2, -0.15) is 15.2 Å². The quantitative estimate of drug-likeness (QED) is 0.542. The molecule has 3 rings (SSSR count). The van der Waals surface area contributed by atoms with Crippen LogP contribution in [0, 0.1) is 0 Å². The predicted octanol–water partition coefficient (Wildman–Crippen LogP) is 2.70. The van der Waals surface area contributed by atoms with Crippen LogP contribution in [0.15, 0.2) is 17.3 Å². The zero-order valence-electron chi connectivity index (χ0n) is 9.69. The highest BCUT2D eigenvalue weighted by atomic mass is 35.5. The fourth-order valence-corrected chi connectivity index (χ4v) is 4.58. The molecule has 9 heteroatoms. The second kappa shape index (κ2) is 3.85. The van der Waals surface area contributed by atoms with E-state index in [9.17, 15) is 4.79 Å². The van der Waals surface area contributed by atoms with Crippen LogP contribution in [0.1, 0.15) is 6.92 Å². The third kappa shape index (κ3) is 1.25. The molecular weight excluding hydrogens is 336 g/mol. The number of fused-ring (bicyclic) bond motifs is 3. The summed E-state index contributed by atoms with van der Waals surface area (Å²) < 4.78 is 3.47. The Morgan fingerprint density at radius 1 is 1.42 bits per heavy atom. The first-order valence-electron chi connectivity index (χ1n) is 5.56. The number of nitrogens with zero attached hydrogens (tertiary/aromatic N) is 3. The molecule has 0 aromatic carbocycles. The van der Waals surface area contributed by atoms with E-state index in [1.807, 2.05) is 0 Å². The minimum absolute atomic E-state index is 0.188. The van der Waals surface area contributed by atoms with Crippen molar-refractivity contribution in [2.75, 3.05) is 6.61 Å². The first-order valence-corrected chi connectivity index (χ1v) is 7.07. The third-order valence-corrected chi connectivity index (χ3v) is 6.60. The molecule has 3 atom stereocenters. The number of allylic oxidation sites excluding steroid dienone is 1. The summed E-state index contributed by atoms with van der Waals surface area (Å²) in [6.45, 7) is 1.87. The van der Waals surface area contributed by atoms with Crippen molar-refractivity contribution in [2.24, 2.45) is 5.10 Å². The molecule has 0 aromatic heterocycles. The van der Waals surface area contributed by atoms with Crippen LogP contribution in [0.2, 0.25) is 0 Å². The summed E-state index contributed by atoms with van der Waals surface area (Å²) in [6.07, 6.45) is 4.25. The lowest BCUT2D eigenvalue weighted by Crippen LogP contribution is -2.51. The molecule has 1 saturated heterocycles. The Morgan fingerprint density at radius 2 is 2.11 bits per heavy atom. The highest BCUT2D eigenvalue weighted by molar-refractivity contribution is 6.66. The van der Waals surface area contributed by atoms with Gasteiger partial charge in [-0.1, -0.05) is 40.9 Å². The first kappa shape index (κ1) is 13.6. The first-order chi connectivity index (χ1) is 8.84. The zero-order chi connectivity index (χ0) is 14.1. The standard InChI is InChI=1S/C10H9Cl4N3O2/c1-2-19-7(18)16-10(14)8(11,9(10,12)13)6-4-3-5-15-17(6)16/h3-6H,2H2,1H3/t6-,8-,10+/m1/s1. The molecule has 3 aliphatic rings. The number of carbonyl (C=O) groups is 1. The Kier molecular flexibility index (Phi) is 2.76. The number of hydrogen-bond donors (Lipinski definition) is 0. The predicted molar refractivity (Wildman–Crippen MR) is 73.7 cm³/mol. The number of amides is 1. The van der Waals surface area contributed by atoms with Crippen LogP contribution in [-0.4, -0.2) is 49.3 Å². The van der Waals surface area contributed by atoms with Gasteiger partial charge in [-0.05, 0) is 13.0 Å². The molecule has 0 N–H and O–H groups in total. The van der Waals surface area contributed by atoms with Crippen LogP contribution >= 0.6 is 46.4 Å². The van der Waals surface area contributed by atoms with Crippen LogP contribution < -0.4 is 0 Å². The molecule has 1 saturated carbocycles. The van der Waals surface area contributed by atoms with Crippen molar-refractivity contribution >= 4 is 58.7 Å². The summed E-state index contributed by atoms with van der Waals surface area (Å²) >= 11 is 25.3. The normalized spacial score (nSPS) is 41.0. The number of hydrazone groups is 1. The highest BCUT2D eigenvalue weighted by Crippen LogP contribution is 2.79. The van der Waals surface area contributed by atoms with Crippen LogP contribution in [0.5, 0.6) is 0 Å². The van der Waals surface area contributed by atoms with Crippen molar-refractivity contribution in [3.63, 3.8) is 0 Å². The summed E-state index contributed by atoms with van der Waals surface area (Å²) in [5.41, 5.74) is 0. The van der Waals surface area contributed by atoms with Crippen molar-refractivity contribution in [3.8, 4) is 0 Å². The van der Waals surface area contributed by atoms with Crippen molar-refractivity contribution < 1.29 is 9.53 Å². The number of rotatable bonds is 1. The molecule has 19 heavy (non-hydrogen) atoms. The van der Waals surface area contributed by atoms with Gasteiger partial charge in [0.1, 0.15) is 6.04 Å². The monoisotopic (exact) mass is 343 g/mol. The number of ether oxygens (including phenoxy) is 1. The van der Waals surface area contributed by atoms with Gasteiger partial charge in [-0.3, -0.25) is 0 Å². The number of carbonyl (C=O) groups excluding carboxylic acids is 1. The van der Waals surface area contributed by atoms with Gasteiger partial charge in [0.15, 0.2) is 9.21 Å². The molecule has 2 fully saturated rings. The molecule has 1 amide bonds. The number of hydrogen-bond acceptors (Lipinski definition) is 4. The van der Waals surface area contributed by atoms with Gasteiger partial charge >= 0.3 is 6.09 Å². The summed E-state index contributed by atoms with van der Waals surface area (Å²) in [4.78, 5) is 9.34. The van der Waals surface area contributed by atoms with Crippen molar-refractivity contribution in [2.45, 2.75) is 27.2 Å². The second-order valence-corrected chi connectivity index (χ2v) is 6.80. The Morgan fingerprint density at radius 3 is 2.74 bits per heavy atom.